The second kappa shape index (κ2) is 8.89. The lowest BCUT2D eigenvalue weighted by molar-refractivity contribution is -0.114. The van der Waals surface area contributed by atoms with Crippen molar-refractivity contribution in [2.24, 2.45) is 0 Å². The van der Waals surface area contributed by atoms with Crippen molar-refractivity contribution in [3.63, 3.8) is 0 Å². The van der Waals surface area contributed by atoms with E-state index in [9.17, 15) is 17.6 Å². The molecule has 0 fully saturated rings. The number of para-hydroxylation sites is 2. The van der Waals surface area contributed by atoms with Crippen LogP contribution in [0.25, 0.3) is 11.0 Å². The van der Waals surface area contributed by atoms with Crippen LogP contribution in [-0.4, -0.2) is 23.9 Å². The van der Waals surface area contributed by atoms with Crippen molar-refractivity contribution in [1.29, 1.82) is 0 Å². The molecule has 1 amide bonds. The van der Waals surface area contributed by atoms with Gasteiger partial charge >= 0.3 is 0 Å². The van der Waals surface area contributed by atoms with Crippen molar-refractivity contribution in [1.82, 2.24) is 14.3 Å². The molecule has 1 heterocycles. The van der Waals surface area contributed by atoms with Crippen molar-refractivity contribution < 1.29 is 17.6 Å². The van der Waals surface area contributed by atoms with Crippen molar-refractivity contribution in [2.45, 2.75) is 24.4 Å². The highest BCUT2D eigenvalue weighted by Gasteiger charge is 2.23. The van der Waals surface area contributed by atoms with Crippen molar-refractivity contribution >= 4 is 32.7 Å². The average molecular weight is 453 g/mol. The number of amides is 1. The Labute approximate surface area is 185 Å². The second-order valence-corrected chi connectivity index (χ2v) is 9.03. The van der Waals surface area contributed by atoms with Crippen LogP contribution >= 0.6 is 0 Å². The second-order valence-electron chi connectivity index (χ2n) is 7.32. The lowest BCUT2D eigenvalue weighted by Gasteiger charge is -2.20. The number of nitrogens with one attached hydrogen (secondary N) is 2. The van der Waals surface area contributed by atoms with Gasteiger partial charge in [-0.15, -0.1) is 0 Å². The number of anilines is 1. The normalized spacial score (nSPS) is 12.6. The lowest BCUT2D eigenvalue weighted by atomic mass is 10.1. The maximum absolute atomic E-state index is 13.5. The van der Waals surface area contributed by atoms with Crippen LogP contribution in [-0.2, 0) is 21.4 Å². The van der Waals surface area contributed by atoms with Gasteiger partial charge in [-0.1, -0.05) is 24.3 Å². The van der Waals surface area contributed by atoms with E-state index in [-0.39, 0.29) is 17.3 Å². The zero-order chi connectivity index (χ0) is 22.7. The SMILES string of the molecule is CC(=O)Nc1ccc(S(=O)(=O)N[C@H](Cn2cnc3ccccc32)c2ccc(F)cc2)cc1. The number of carbonyl (C=O) groups is 1. The Morgan fingerprint density at radius 3 is 2.41 bits per heavy atom. The summed E-state index contributed by atoms with van der Waals surface area (Å²) in [6.45, 7) is 1.63. The van der Waals surface area contributed by atoms with Gasteiger partial charge in [-0.2, -0.15) is 0 Å². The van der Waals surface area contributed by atoms with Gasteiger partial charge in [-0.3, -0.25) is 4.79 Å². The molecule has 7 nitrogen and oxygen atoms in total. The molecule has 0 unspecified atom stereocenters. The van der Waals surface area contributed by atoms with E-state index in [1.807, 2.05) is 28.8 Å². The highest BCUT2D eigenvalue weighted by molar-refractivity contribution is 7.89. The van der Waals surface area contributed by atoms with Crippen molar-refractivity contribution in [3.8, 4) is 0 Å². The van der Waals surface area contributed by atoms with Gasteiger partial charge in [0.05, 0.1) is 28.3 Å². The minimum absolute atomic E-state index is 0.0502. The fourth-order valence-corrected chi connectivity index (χ4v) is 4.65. The summed E-state index contributed by atoms with van der Waals surface area (Å²) in [6.07, 6.45) is 1.65. The Morgan fingerprint density at radius 1 is 1.03 bits per heavy atom. The quantitative estimate of drug-likeness (QED) is 0.445. The molecule has 0 aliphatic carbocycles. The number of sulfonamides is 1. The van der Waals surface area contributed by atoms with E-state index in [1.54, 1.807) is 18.5 Å². The molecule has 4 aromatic rings. The first-order valence-corrected chi connectivity index (χ1v) is 11.4. The molecule has 4 rings (SSSR count). The number of benzene rings is 3. The number of fused-ring (bicyclic) bond motifs is 1. The minimum Gasteiger partial charge on any atom is -0.329 e. The molecule has 0 bridgehead atoms. The first kappa shape index (κ1) is 21.7. The molecule has 164 valence electrons. The first-order valence-electron chi connectivity index (χ1n) is 9.87. The Kier molecular flexibility index (Phi) is 6.02. The molecule has 0 radical (unpaired) electrons. The van der Waals surface area contributed by atoms with Crippen molar-refractivity contribution in [2.75, 3.05) is 5.32 Å². The predicted molar refractivity (Wildman–Crippen MR) is 120 cm³/mol. The topological polar surface area (TPSA) is 93.1 Å². The molecule has 0 saturated heterocycles. The Bertz CT molecular complexity index is 1350. The molecule has 1 atom stereocenters. The third-order valence-corrected chi connectivity index (χ3v) is 6.45. The van der Waals surface area contributed by atoms with Gasteiger partial charge in [0.15, 0.2) is 0 Å². The Hall–Kier alpha value is -3.56. The van der Waals surface area contributed by atoms with Crippen LogP contribution in [0.2, 0.25) is 0 Å². The number of aromatic nitrogens is 2. The van der Waals surface area contributed by atoms with Crippen LogP contribution in [0.15, 0.2) is 84.0 Å². The van der Waals surface area contributed by atoms with Gasteiger partial charge in [0.1, 0.15) is 5.82 Å². The van der Waals surface area contributed by atoms with Crippen LogP contribution in [0.3, 0.4) is 0 Å². The maximum Gasteiger partial charge on any atom is 0.241 e. The van der Waals surface area contributed by atoms with E-state index in [1.165, 1.54) is 43.3 Å². The standard InChI is InChI=1S/C23H21FN4O3S/c1-16(29)26-19-10-12-20(13-11-19)32(30,31)27-22(17-6-8-18(24)9-7-17)14-28-15-25-21-4-2-3-5-23(21)28/h2-13,15,22,27H,14H2,1H3,(H,26,29)/t22-/m1/s1. The minimum atomic E-state index is -3.91. The molecule has 0 saturated carbocycles. The number of rotatable bonds is 7. The summed E-state index contributed by atoms with van der Waals surface area (Å²) >= 11 is 0. The zero-order valence-corrected chi connectivity index (χ0v) is 18.0. The van der Waals surface area contributed by atoms with Crippen LogP contribution in [0.4, 0.5) is 10.1 Å². The number of halogens is 1. The molecule has 3 aromatic carbocycles. The number of carbonyl (C=O) groups excluding carboxylic acids is 1. The Balaban J connectivity index is 1.65. The van der Waals surface area contributed by atoms with Gasteiger partial charge < -0.3 is 9.88 Å². The molecule has 0 spiro atoms. The summed E-state index contributed by atoms with van der Waals surface area (Å²) in [6, 6.07) is 18.5. The van der Waals surface area contributed by atoms with Crippen LogP contribution in [0.1, 0.15) is 18.5 Å². The van der Waals surface area contributed by atoms with E-state index < -0.39 is 21.9 Å². The number of nitrogens with zero attached hydrogens (tertiary/aromatic N) is 2. The summed E-state index contributed by atoms with van der Waals surface area (Å²) in [4.78, 5) is 15.6. The van der Waals surface area contributed by atoms with Crippen molar-refractivity contribution in [3.05, 3.63) is 90.5 Å². The molecule has 0 aliphatic heterocycles. The van der Waals surface area contributed by atoms with Crippen LogP contribution in [0.5, 0.6) is 0 Å². The van der Waals surface area contributed by atoms with Gasteiger partial charge in [0, 0.05) is 19.2 Å². The molecule has 0 aliphatic rings. The van der Waals surface area contributed by atoms with E-state index in [2.05, 4.69) is 15.0 Å². The van der Waals surface area contributed by atoms with Gasteiger partial charge in [0.25, 0.3) is 0 Å². The van der Waals surface area contributed by atoms with E-state index in [0.29, 0.717) is 11.3 Å². The van der Waals surface area contributed by atoms with E-state index in [4.69, 9.17) is 0 Å². The summed E-state index contributed by atoms with van der Waals surface area (Å²) in [5.41, 5.74) is 2.76. The molecular weight excluding hydrogens is 431 g/mol. The fraction of sp³-hybridized carbons (Fsp3) is 0.130. The number of hydrogen-bond donors (Lipinski definition) is 2. The molecular formula is C23H21FN4O3S. The molecule has 1 aromatic heterocycles. The maximum atomic E-state index is 13.5. The van der Waals surface area contributed by atoms with E-state index >= 15 is 0 Å². The highest BCUT2D eigenvalue weighted by atomic mass is 32.2. The highest BCUT2D eigenvalue weighted by Crippen LogP contribution is 2.23. The van der Waals surface area contributed by atoms with Crippen LogP contribution in [0, 0.1) is 5.82 Å². The fourth-order valence-electron chi connectivity index (χ4n) is 3.43. The van der Waals surface area contributed by atoms with Crippen LogP contribution < -0.4 is 10.0 Å². The molecule has 9 heteroatoms. The Morgan fingerprint density at radius 2 is 1.72 bits per heavy atom. The number of imidazole rings is 1. The largest absolute Gasteiger partial charge is 0.329 e. The summed E-state index contributed by atoms with van der Waals surface area (Å²) in [5.74, 6) is -0.653. The summed E-state index contributed by atoms with van der Waals surface area (Å²) < 4.78 is 44.3. The molecule has 32 heavy (non-hydrogen) atoms. The van der Waals surface area contributed by atoms with Gasteiger partial charge in [0.2, 0.25) is 15.9 Å². The van der Waals surface area contributed by atoms with E-state index in [0.717, 1.165) is 11.0 Å². The zero-order valence-electron chi connectivity index (χ0n) is 17.2. The van der Waals surface area contributed by atoms with Gasteiger partial charge in [-0.25, -0.2) is 22.5 Å². The number of hydrogen-bond acceptors (Lipinski definition) is 4. The first-order chi connectivity index (χ1) is 15.3. The summed E-state index contributed by atoms with van der Waals surface area (Å²) in [7, 11) is -3.91. The average Bonchev–Trinajstić information content (AvgIpc) is 3.17. The van der Waals surface area contributed by atoms with Gasteiger partial charge in [-0.05, 0) is 54.1 Å². The third kappa shape index (κ3) is 4.84. The smallest absolute Gasteiger partial charge is 0.241 e. The third-order valence-electron chi connectivity index (χ3n) is 4.96. The monoisotopic (exact) mass is 452 g/mol. The molecule has 2 N–H and O–H groups in total. The lowest BCUT2D eigenvalue weighted by Crippen LogP contribution is -2.31. The summed E-state index contributed by atoms with van der Waals surface area (Å²) in [5, 5.41) is 2.60. The predicted octanol–water partition coefficient (Wildman–Crippen LogP) is 3.85.